The molecule has 76 valence electrons. The topological polar surface area (TPSA) is 49.8 Å². The molecule has 1 rings (SSSR count). The van der Waals surface area contributed by atoms with Crippen molar-refractivity contribution in [2.24, 2.45) is 11.7 Å². The lowest BCUT2D eigenvalue weighted by Gasteiger charge is -2.23. The van der Waals surface area contributed by atoms with Gasteiger partial charge >= 0.3 is 0 Å². The minimum absolute atomic E-state index is 0.407. The molecule has 0 spiro atoms. The van der Waals surface area contributed by atoms with Crippen LogP contribution in [0.15, 0.2) is 21.7 Å². The number of hydrogen-bond acceptors (Lipinski definition) is 3. The second-order valence-electron chi connectivity index (χ2n) is 3.82. The Labute approximate surface area is 90.9 Å². The molecule has 1 aliphatic carbocycles. The minimum atomic E-state index is 0.407. The maximum absolute atomic E-state index is 9.03. The molecule has 0 saturated carbocycles. The Hall–Kier alpha value is -0.880. The molecule has 3 heteroatoms. The Bertz CT molecular complexity index is 330. The van der Waals surface area contributed by atoms with E-state index in [0.717, 1.165) is 29.7 Å². The van der Waals surface area contributed by atoms with Crippen molar-refractivity contribution in [2.75, 3.05) is 0 Å². The van der Waals surface area contributed by atoms with E-state index in [-0.39, 0.29) is 0 Å². The van der Waals surface area contributed by atoms with Gasteiger partial charge in [-0.25, -0.2) is 0 Å². The number of allylic oxidation sites excluding steroid dienone is 4. The summed E-state index contributed by atoms with van der Waals surface area (Å²) < 4.78 is 0. The Morgan fingerprint density at radius 3 is 2.71 bits per heavy atom. The zero-order chi connectivity index (χ0) is 10.7. The van der Waals surface area contributed by atoms with Gasteiger partial charge in [-0.05, 0) is 42.6 Å². The average molecular weight is 208 g/mol. The monoisotopic (exact) mass is 208 g/mol. The first-order valence-corrected chi connectivity index (χ1v) is 5.31. The minimum Gasteiger partial charge on any atom is -0.401 e. The second-order valence-corrected chi connectivity index (χ2v) is 4.36. The molecule has 0 unspecified atom stereocenters. The molecule has 1 aliphatic rings. The lowest BCUT2D eigenvalue weighted by atomic mass is 9.84. The fourth-order valence-corrected chi connectivity index (χ4v) is 2.38. The third-order valence-corrected chi connectivity index (χ3v) is 3.09. The molecule has 0 radical (unpaired) electrons. The van der Waals surface area contributed by atoms with E-state index >= 15 is 0 Å². The third-order valence-electron chi connectivity index (χ3n) is 2.63. The van der Waals surface area contributed by atoms with Gasteiger partial charge in [0, 0.05) is 5.70 Å². The average Bonchev–Trinajstić information content (AvgIpc) is 2.10. The summed E-state index contributed by atoms with van der Waals surface area (Å²) in [6.45, 7) is 3.90. The quantitative estimate of drug-likeness (QED) is 0.514. The van der Waals surface area contributed by atoms with Gasteiger partial charge in [-0.2, -0.15) is 5.26 Å². The van der Waals surface area contributed by atoms with Crippen LogP contribution in [0.4, 0.5) is 0 Å². The highest BCUT2D eigenvalue weighted by Gasteiger charge is 2.21. The largest absolute Gasteiger partial charge is 0.401 e. The molecule has 0 aromatic carbocycles. The van der Waals surface area contributed by atoms with Crippen LogP contribution in [0.5, 0.6) is 0 Å². The van der Waals surface area contributed by atoms with Crippen LogP contribution in [0.2, 0.25) is 0 Å². The number of rotatable bonds is 1. The standard InChI is InChI=1S/C11H16N2S/c1-7-4-3-5-10(14)11(7)9(6-12)8(2)13/h7,14H,3-5,13H2,1-2H3/b9-8+/t7-/m0/s1. The van der Waals surface area contributed by atoms with Crippen molar-refractivity contribution in [2.45, 2.75) is 33.1 Å². The molecule has 0 heterocycles. The molecule has 0 bridgehead atoms. The van der Waals surface area contributed by atoms with Crippen LogP contribution in [0.3, 0.4) is 0 Å². The highest BCUT2D eigenvalue weighted by Crippen LogP contribution is 2.36. The Morgan fingerprint density at radius 2 is 2.29 bits per heavy atom. The normalized spacial score (nSPS) is 24.3. The van der Waals surface area contributed by atoms with E-state index in [2.05, 4.69) is 25.6 Å². The summed E-state index contributed by atoms with van der Waals surface area (Å²) in [5, 5.41) is 9.03. The number of nitriles is 1. The molecule has 1 atom stereocenters. The predicted molar refractivity (Wildman–Crippen MR) is 61.5 cm³/mol. The van der Waals surface area contributed by atoms with Crippen molar-refractivity contribution in [3.63, 3.8) is 0 Å². The summed E-state index contributed by atoms with van der Waals surface area (Å²) in [5.74, 6) is 0.407. The number of nitrogens with two attached hydrogens (primary N) is 1. The SMILES string of the molecule is C/C(N)=C(/C#N)C1=C(S)CCC[C@@H]1C. The molecular weight excluding hydrogens is 192 g/mol. The van der Waals surface area contributed by atoms with Crippen molar-refractivity contribution in [3.05, 3.63) is 21.7 Å². The summed E-state index contributed by atoms with van der Waals surface area (Å²) in [6.07, 6.45) is 3.25. The lowest BCUT2D eigenvalue weighted by Crippen LogP contribution is -2.12. The second kappa shape index (κ2) is 4.56. The van der Waals surface area contributed by atoms with E-state index in [4.69, 9.17) is 11.0 Å². The van der Waals surface area contributed by atoms with E-state index < -0.39 is 0 Å². The molecule has 14 heavy (non-hydrogen) atoms. The number of hydrogen-bond donors (Lipinski definition) is 2. The summed E-state index contributed by atoms with van der Waals surface area (Å²) in [4.78, 5) is 1.03. The Kier molecular flexibility index (Phi) is 3.65. The van der Waals surface area contributed by atoms with Crippen LogP contribution < -0.4 is 5.73 Å². The van der Waals surface area contributed by atoms with Crippen LogP contribution >= 0.6 is 12.6 Å². The highest BCUT2D eigenvalue weighted by molar-refractivity contribution is 7.84. The van der Waals surface area contributed by atoms with Gasteiger partial charge in [0.05, 0.1) is 5.57 Å². The summed E-state index contributed by atoms with van der Waals surface area (Å²) in [5.41, 5.74) is 7.98. The fourth-order valence-electron chi connectivity index (χ4n) is 1.89. The van der Waals surface area contributed by atoms with Gasteiger partial charge in [0.1, 0.15) is 6.07 Å². The van der Waals surface area contributed by atoms with Gasteiger partial charge in [0.25, 0.3) is 0 Å². The molecule has 2 N–H and O–H groups in total. The zero-order valence-corrected chi connectivity index (χ0v) is 9.56. The highest BCUT2D eigenvalue weighted by atomic mass is 32.1. The Morgan fingerprint density at radius 1 is 1.64 bits per heavy atom. The van der Waals surface area contributed by atoms with Gasteiger partial charge in [-0.1, -0.05) is 6.92 Å². The first-order valence-electron chi connectivity index (χ1n) is 4.86. The van der Waals surface area contributed by atoms with Crippen LogP contribution in [0.25, 0.3) is 0 Å². The van der Waals surface area contributed by atoms with Gasteiger partial charge in [-0.3, -0.25) is 0 Å². The van der Waals surface area contributed by atoms with Crippen LogP contribution in [-0.4, -0.2) is 0 Å². The predicted octanol–water partition coefficient (Wildman–Crippen LogP) is 2.75. The van der Waals surface area contributed by atoms with E-state index in [0.29, 0.717) is 17.2 Å². The van der Waals surface area contributed by atoms with E-state index in [1.54, 1.807) is 6.92 Å². The van der Waals surface area contributed by atoms with Crippen molar-refractivity contribution < 1.29 is 0 Å². The van der Waals surface area contributed by atoms with Gasteiger partial charge in [0.2, 0.25) is 0 Å². The van der Waals surface area contributed by atoms with E-state index in [9.17, 15) is 0 Å². The first-order chi connectivity index (χ1) is 6.57. The van der Waals surface area contributed by atoms with Crippen LogP contribution in [0.1, 0.15) is 33.1 Å². The molecule has 2 nitrogen and oxygen atoms in total. The smallest absolute Gasteiger partial charge is 0.101 e. The van der Waals surface area contributed by atoms with Gasteiger partial charge in [0.15, 0.2) is 0 Å². The lowest BCUT2D eigenvalue weighted by molar-refractivity contribution is 0.555. The maximum Gasteiger partial charge on any atom is 0.101 e. The fraction of sp³-hybridized carbons (Fsp3) is 0.545. The Balaban J connectivity index is 3.18. The number of nitrogens with zero attached hydrogens (tertiary/aromatic N) is 1. The van der Waals surface area contributed by atoms with Crippen molar-refractivity contribution in [1.82, 2.24) is 0 Å². The summed E-state index contributed by atoms with van der Waals surface area (Å²) >= 11 is 4.44. The first kappa shape index (κ1) is 11.2. The van der Waals surface area contributed by atoms with Crippen LogP contribution in [-0.2, 0) is 0 Å². The van der Waals surface area contributed by atoms with E-state index in [1.165, 1.54) is 0 Å². The van der Waals surface area contributed by atoms with Crippen molar-refractivity contribution in [3.8, 4) is 6.07 Å². The van der Waals surface area contributed by atoms with Gasteiger partial charge < -0.3 is 5.73 Å². The van der Waals surface area contributed by atoms with Crippen molar-refractivity contribution >= 4 is 12.6 Å². The van der Waals surface area contributed by atoms with Crippen LogP contribution in [0, 0.1) is 17.2 Å². The summed E-state index contributed by atoms with van der Waals surface area (Å²) in [7, 11) is 0. The van der Waals surface area contributed by atoms with E-state index in [1.807, 2.05) is 0 Å². The molecule has 0 aromatic heterocycles. The third kappa shape index (κ3) is 2.13. The molecular formula is C11H16N2S. The molecule has 0 amide bonds. The summed E-state index contributed by atoms with van der Waals surface area (Å²) in [6, 6.07) is 2.18. The maximum atomic E-state index is 9.03. The van der Waals surface area contributed by atoms with Gasteiger partial charge in [-0.15, -0.1) is 12.6 Å². The van der Waals surface area contributed by atoms with Crippen molar-refractivity contribution in [1.29, 1.82) is 5.26 Å². The molecule has 0 aromatic rings. The molecule has 0 aliphatic heterocycles. The molecule has 0 saturated heterocycles. The zero-order valence-electron chi connectivity index (χ0n) is 8.67. The molecule has 0 fully saturated rings. The number of thiol groups is 1.